The van der Waals surface area contributed by atoms with E-state index in [0.717, 1.165) is 12.3 Å². The second-order valence-corrected chi connectivity index (χ2v) is 7.90. The quantitative estimate of drug-likeness (QED) is 0.870. The van der Waals surface area contributed by atoms with Crippen LogP contribution in [-0.4, -0.2) is 44.0 Å². The van der Waals surface area contributed by atoms with Gasteiger partial charge in [-0.25, -0.2) is 17.1 Å². The Morgan fingerprint density at radius 2 is 2.19 bits per heavy atom. The highest BCUT2D eigenvalue weighted by Crippen LogP contribution is 2.17. The van der Waals surface area contributed by atoms with Gasteiger partial charge in [-0.05, 0) is 47.0 Å². The Hall–Kier alpha value is -0.990. The lowest BCUT2D eigenvalue weighted by molar-refractivity contribution is 0.0921. The number of halogens is 2. The molecule has 0 saturated carbocycles. The second-order valence-electron chi connectivity index (χ2n) is 5.06. The first-order chi connectivity index (χ1) is 9.77. The number of benzene rings is 1. The van der Waals surface area contributed by atoms with Crippen LogP contribution in [0, 0.1) is 5.82 Å². The van der Waals surface area contributed by atoms with Crippen LogP contribution in [0.3, 0.4) is 0 Å². The smallest absolute Gasteiger partial charge is 0.251 e. The molecule has 0 aliphatic carbocycles. The standard InChI is InChI=1S/C13H16BrFN2O3S/c1-21(19,20)17-6-2-3-10(8-17)16-13(18)9-4-5-11(14)12(15)7-9/h4-5,7,10H,2-3,6,8H2,1H3,(H,16,18). The summed E-state index contributed by atoms with van der Waals surface area (Å²) in [6.45, 7) is 0.724. The molecule has 1 heterocycles. The van der Waals surface area contributed by atoms with E-state index in [1.807, 2.05) is 0 Å². The molecule has 0 radical (unpaired) electrons. The van der Waals surface area contributed by atoms with Gasteiger partial charge in [-0.15, -0.1) is 0 Å². The number of rotatable bonds is 3. The molecule has 1 aromatic rings. The van der Waals surface area contributed by atoms with Crippen molar-refractivity contribution in [2.45, 2.75) is 18.9 Å². The molecule has 1 saturated heterocycles. The number of carbonyl (C=O) groups excluding carboxylic acids is 1. The Labute approximate surface area is 131 Å². The first-order valence-corrected chi connectivity index (χ1v) is 9.12. The third-order valence-corrected chi connectivity index (χ3v) is 5.28. The summed E-state index contributed by atoms with van der Waals surface area (Å²) in [6, 6.07) is 3.87. The Morgan fingerprint density at radius 3 is 2.81 bits per heavy atom. The number of hydrogen-bond donors (Lipinski definition) is 1. The van der Waals surface area contributed by atoms with Crippen LogP contribution in [-0.2, 0) is 10.0 Å². The highest BCUT2D eigenvalue weighted by Gasteiger charge is 2.27. The van der Waals surface area contributed by atoms with Gasteiger partial charge in [-0.1, -0.05) is 0 Å². The highest BCUT2D eigenvalue weighted by atomic mass is 79.9. The van der Waals surface area contributed by atoms with E-state index in [2.05, 4.69) is 21.2 Å². The molecule has 1 atom stereocenters. The SMILES string of the molecule is CS(=O)(=O)N1CCCC(NC(=O)c2ccc(Br)c(F)c2)C1. The Balaban J connectivity index is 2.03. The Morgan fingerprint density at radius 1 is 1.48 bits per heavy atom. The summed E-state index contributed by atoms with van der Waals surface area (Å²) >= 11 is 3.03. The maximum absolute atomic E-state index is 13.4. The van der Waals surface area contributed by atoms with Gasteiger partial charge in [-0.2, -0.15) is 0 Å². The Bertz CT molecular complexity index is 651. The zero-order valence-electron chi connectivity index (χ0n) is 11.5. The number of nitrogens with zero attached hydrogens (tertiary/aromatic N) is 1. The van der Waals surface area contributed by atoms with Gasteiger partial charge in [0.15, 0.2) is 0 Å². The van der Waals surface area contributed by atoms with E-state index in [9.17, 15) is 17.6 Å². The van der Waals surface area contributed by atoms with Crippen LogP contribution >= 0.6 is 15.9 Å². The number of amides is 1. The van der Waals surface area contributed by atoms with Crippen LogP contribution in [0.5, 0.6) is 0 Å². The fraction of sp³-hybridized carbons (Fsp3) is 0.462. The van der Waals surface area contributed by atoms with Crippen molar-refractivity contribution in [2.75, 3.05) is 19.3 Å². The minimum Gasteiger partial charge on any atom is -0.348 e. The van der Waals surface area contributed by atoms with Gasteiger partial charge in [0, 0.05) is 24.7 Å². The number of hydrogen-bond acceptors (Lipinski definition) is 3. The molecule has 8 heteroatoms. The average molecular weight is 379 g/mol. The summed E-state index contributed by atoms with van der Waals surface area (Å²) in [6.07, 6.45) is 2.55. The topological polar surface area (TPSA) is 66.5 Å². The van der Waals surface area contributed by atoms with Gasteiger partial charge in [0.25, 0.3) is 5.91 Å². The molecule has 116 valence electrons. The minimum absolute atomic E-state index is 0.215. The fourth-order valence-corrected chi connectivity index (χ4v) is 3.43. The van der Waals surface area contributed by atoms with Crippen molar-refractivity contribution in [1.82, 2.24) is 9.62 Å². The van der Waals surface area contributed by atoms with Crippen LogP contribution in [0.1, 0.15) is 23.2 Å². The number of carbonyl (C=O) groups is 1. The van der Waals surface area contributed by atoms with E-state index in [4.69, 9.17) is 0 Å². The van der Waals surface area contributed by atoms with Crippen molar-refractivity contribution in [1.29, 1.82) is 0 Å². The number of nitrogens with one attached hydrogen (secondary N) is 1. The first kappa shape index (κ1) is 16.4. The van der Waals surface area contributed by atoms with Crippen molar-refractivity contribution >= 4 is 31.9 Å². The van der Waals surface area contributed by atoms with E-state index in [1.165, 1.54) is 16.4 Å². The fourth-order valence-electron chi connectivity index (χ4n) is 2.27. The van der Waals surface area contributed by atoms with E-state index in [0.29, 0.717) is 23.9 Å². The van der Waals surface area contributed by atoms with Gasteiger partial charge in [0.2, 0.25) is 10.0 Å². The molecule has 1 N–H and O–H groups in total. The predicted octanol–water partition coefficient (Wildman–Crippen LogP) is 1.74. The lowest BCUT2D eigenvalue weighted by Gasteiger charge is -2.31. The minimum atomic E-state index is -3.26. The molecule has 1 aliphatic rings. The summed E-state index contributed by atoms with van der Waals surface area (Å²) in [5, 5.41) is 2.76. The largest absolute Gasteiger partial charge is 0.348 e. The predicted molar refractivity (Wildman–Crippen MR) is 81.0 cm³/mol. The van der Waals surface area contributed by atoms with Crippen LogP contribution in [0.25, 0.3) is 0 Å². The van der Waals surface area contributed by atoms with Crippen molar-refractivity contribution in [3.05, 3.63) is 34.1 Å². The van der Waals surface area contributed by atoms with Crippen molar-refractivity contribution < 1.29 is 17.6 Å². The second kappa shape index (κ2) is 6.41. The molecule has 0 aromatic heterocycles. The zero-order chi connectivity index (χ0) is 15.6. The normalized spacial score (nSPS) is 20.2. The van der Waals surface area contributed by atoms with Crippen LogP contribution < -0.4 is 5.32 Å². The molecule has 2 rings (SSSR count). The van der Waals surface area contributed by atoms with E-state index in [-0.39, 0.29) is 18.2 Å². The zero-order valence-corrected chi connectivity index (χ0v) is 13.9. The summed E-state index contributed by atoms with van der Waals surface area (Å²) in [5.74, 6) is -0.911. The first-order valence-electron chi connectivity index (χ1n) is 6.48. The molecule has 5 nitrogen and oxygen atoms in total. The summed E-state index contributed by atoms with van der Waals surface area (Å²) in [5.41, 5.74) is 0.215. The van der Waals surface area contributed by atoms with E-state index >= 15 is 0 Å². The molecular weight excluding hydrogens is 363 g/mol. The highest BCUT2D eigenvalue weighted by molar-refractivity contribution is 9.10. The van der Waals surface area contributed by atoms with Gasteiger partial charge in [-0.3, -0.25) is 4.79 Å². The van der Waals surface area contributed by atoms with Crippen LogP contribution in [0.2, 0.25) is 0 Å². The van der Waals surface area contributed by atoms with Crippen molar-refractivity contribution in [3.63, 3.8) is 0 Å². The molecule has 1 amide bonds. The molecule has 0 bridgehead atoms. The lowest BCUT2D eigenvalue weighted by atomic mass is 10.1. The van der Waals surface area contributed by atoms with Gasteiger partial charge < -0.3 is 5.32 Å². The van der Waals surface area contributed by atoms with Crippen molar-refractivity contribution in [3.8, 4) is 0 Å². The maximum Gasteiger partial charge on any atom is 0.251 e. The maximum atomic E-state index is 13.4. The molecular formula is C13H16BrFN2O3S. The number of sulfonamides is 1. The van der Waals surface area contributed by atoms with Crippen LogP contribution in [0.15, 0.2) is 22.7 Å². The van der Waals surface area contributed by atoms with Gasteiger partial charge in [0.1, 0.15) is 5.82 Å². The van der Waals surface area contributed by atoms with Gasteiger partial charge in [0.05, 0.1) is 10.7 Å². The molecule has 0 spiro atoms. The summed E-state index contributed by atoms with van der Waals surface area (Å²) in [4.78, 5) is 12.1. The summed E-state index contributed by atoms with van der Waals surface area (Å²) in [7, 11) is -3.26. The van der Waals surface area contributed by atoms with Crippen LogP contribution in [0.4, 0.5) is 4.39 Å². The monoisotopic (exact) mass is 378 g/mol. The molecule has 21 heavy (non-hydrogen) atoms. The average Bonchev–Trinajstić information content (AvgIpc) is 2.41. The van der Waals surface area contributed by atoms with E-state index in [1.54, 1.807) is 0 Å². The molecule has 1 unspecified atom stereocenters. The molecule has 1 fully saturated rings. The summed E-state index contributed by atoms with van der Waals surface area (Å²) < 4.78 is 38.1. The number of piperidine rings is 1. The van der Waals surface area contributed by atoms with Gasteiger partial charge >= 0.3 is 0 Å². The lowest BCUT2D eigenvalue weighted by Crippen LogP contribution is -2.49. The third kappa shape index (κ3) is 4.24. The molecule has 1 aromatic carbocycles. The van der Waals surface area contributed by atoms with Crippen molar-refractivity contribution in [2.24, 2.45) is 0 Å². The third-order valence-electron chi connectivity index (χ3n) is 3.37. The Kier molecular flexibility index (Phi) is 5.00. The van der Waals surface area contributed by atoms with E-state index < -0.39 is 21.7 Å². The molecule has 1 aliphatic heterocycles.